The summed E-state index contributed by atoms with van der Waals surface area (Å²) in [6.45, 7) is 2.45. The van der Waals surface area contributed by atoms with Crippen molar-refractivity contribution >= 4 is 11.9 Å². The first-order chi connectivity index (χ1) is 8.06. The minimum Gasteiger partial charge on any atom is -0.481 e. The lowest BCUT2D eigenvalue weighted by Crippen LogP contribution is -2.45. The second-order valence-corrected chi connectivity index (χ2v) is 4.76. The quantitative estimate of drug-likeness (QED) is 0.640. The number of hydrogen-bond acceptors (Lipinski definition) is 3. The summed E-state index contributed by atoms with van der Waals surface area (Å²) in [7, 11) is 0. The molecule has 1 saturated carbocycles. The first-order valence-electron chi connectivity index (χ1n) is 6.31. The molecule has 1 aliphatic rings. The minimum absolute atomic E-state index is 0.120. The van der Waals surface area contributed by atoms with Crippen LogP contribution in [0.2, 0.25) is 0 Å². The van der Waals surface area contributed by atoms with E-state index in [2.05, 4.69) is 5.32 Å². The van der Waals surface area contributed by atoms with E-state index in [0.29, 0.717) is 13.0 Å². The lowest BCUT2D eigenvalue weighted by Gasteiger charge is -2.29. The van der Waals surface area contributed by atoms with Crippen LogP contribution in [0, 0.1) is 11.8 Å². The Labute approximate surface area is 102 Å². The third kappa shape index (κ3) is 4.00. The van der Waals surface area contributed by atoms with Crippen molar-refractivity contribution in [3.05, 3.63) is 0 Å². The molecule has 0 spiro atoms. The van der Waals surface area contributed by atoms with Gasteiger partial charge >= 0.3 is 5.97 Å². The van der Waals surface area contributed by atoms with Gasteiger partial charge in [-0.05, 0) is 31.7 Å². The van der Waals surface area contributed by atoms with E-state index in [1.54, 1.807) is 0 Å². The molecule has 98 valence electrons. The van der Waals surface area contributed by atoms with Crippen molar-refractivity contribution in [2.45, 2.75) is 45.1 Å². The summed E-state index contributed by atoms with van der Waals surface area (Å²) in [5.74, 6) is -1.24. The molecule has 1 amide bonds. The lowest BCUT2D eigenvalue weighted by molar-refractivity contribution is -0.144. The number of carboxylic acids is 1. The fraction of sp³-hybridized carbons (Fsp3) is 0.833. The highest BCUT2D eigenvalue weighted by Crippen LogP contribution is 2.29. The lowest BCUT2D eigenvalue weighted by atomic mass is 9.79. The number of carbonyl (C=O) groups excluding carboxylic acids is 1. The second-order valence-electron chi connectivity index (χ2n) is 4.76. The molecular weight excluding hydrogens is 220 g/mol. The van der Waals surface area contributed by atoms with E-state index in [4.69, 9.17) is 10.8 Å². The van der Waals surface area contributed by atoms with Gasteiger partial charge in [-0.25, -0.2) is 0 Å². The van der Waals surface area contributed by atoms with Crippen molar-refractivity contribution in [1.29, 1.82) is 0 Å². The van der Waals surface area contributed by atoms with E-state index in [1.165, 1.54) is 0 Å². The molecule has 0 aliphatic heterocycles. The van der Waals surface area contributed by atoms with Crippen molar-refractivity contribution < 1.29 is 14.7 Å². The van der Waals surface area contributed by atoms with E-state index in [9.17, 15) is 9.59 Å². The monoisotopic (exact) mass is 242 g/mol. The highest BCUT2D eigenvalue weighted by molar-refractivity contribution is 5.79. The third-order valence-electron chi connectivity index (χ3n) is 3.60. The Kier molecular flexibility index (Phi) is 5.41. The van der Waals surface area contributed by atoms with Crippen LogP contribution in [0.4, 0.5) is 0 Å². The summed E-state index contributed by atoms with van der Waals surface area (Å²) in [4.78, 5) is 22.2. The molecule has 0 aromatic rings. The van der Waals surface area contributed by atoms with Gasteiger partial charge in [-0.15, -0.1) is 0 Å². The number of carbonyl (C=O) groups is 2. The van der Waals surface area contributed by atoms with Crippen LogP contribution >= 0.6 is 0 Å². The normalized spacial score (nSPS) is 26.4. The standard InChI is InChI=1S/C12H22N2O3/c1-2-10(11(13)15)14-7-8-5-3-4-6-9(8)12(16)17/h8-10,14H,2-7H2,1H3,(H2,13,15)(H,16,17). The van der Waals surface area contributed by atoms with Crippen LogP contribution in [-0.4, -0.2) is 29.6 Å². The Morgan fingerprint density at radius 3 is 2.59 bits per heavy atom. The van der Waals surface area contributed by atoms with E-state index < -0.39 is 5.97 Å². The van der Waals surface area contributed by atoms with Gasteiger partial charge in [-0.1, -0.05) is 19.8 Å². The molecule has 4 N–H and O–H groups in total. The number of nitrogens with one attached hydrogen (secondary N) is 1. The average molecular weight is 242 g/mol. The molecule has 0 heterocycles. The summed E-state index contributed by atoms with van der Waals surface area (Å²) in [6.07, 6.45) is 4.36. The fourth-order valence-electron chi connectivity index (χ4n) is 2.52. The third-order valence-corrected chi connectivity index (χ3v) is 3.60. The van der Waals surface area contributed by atoms with Gasteiger partial charge in [0.2, 0.25) is 5.91 Å². The zero-order valence-electron chi connectivity index (χ0n) is 10.3. The number of hydrogen-bond donors (Lipinski definition) is 3. The van der Waals surface area contributed by atoms with Crippen LogP contribution in [0.25, 0.3) is 0 Å². The van der Waals surface area contributed by atoms with Crippen LogP contribution < -0.4 is 11.1 Å². The first kappa shape index (κ1) is 14.0. The summed E-state index contributed by atoms with van der Waals surface area (Å²) in [5, 5.41) is 12.2. The van der Waals surface area contributed by atoms with Crippen molar-refractivity contribution in [3.63, 3.8) is 0 Å². The smallest absolute Gasteiger partial charge is 0.306 e. The van der Waals surface area contributed by atoms with Crippen molar-refractivity contribution in [2.24, 2.45) is 17.6 Å². The summed E-state index contributed by atoms with van der Waals surface area (Å²) in [6, 6.07) is -0.341. The molecule has 3 unspecified atom stereocenters. The number of nitrogens with two attached hydrogens (primary N) is 1. The zero-order chi connectivity index (χ0) is 12.8. The van der Waals surface area contributed by atoms with Gasteiger partial charge in [0, 0.05) is 0 Å². The van der Waals surface area contributed by atoms with Gasteiger partial charge < -0.3 is 16.2 Å². The van der Waals surface area contributed by atoms with Gasteiger partial charge in [-0.3, -0.25) is 9.59 Å². The van der Waals surface area contributed by atoms with Gasteiger partial charge in [-0.2, -0.15) is 0 Å². The van der Waals surface area contributed by atoms with E-state index >= 15 is 0 Å². The topological polar surface area (TPSA) is 92.4 Å². The molecule has 1 aliphatic carbocycles. The Morgan fingerprint density at radius 1 is 1.41 bits per heavy atom. The average Bonchev–Trinajstić information content (AvgIpc) is 2.29. The van der Waals surface area contributed by atoms with Crippen LogP contribution in [-0.2, 0) is 9.59 Å². The molecule has 0 aromatic heterocycles. The molecule has 1 rings (SSSR count). The SMILES string of the molecule is CCC(NCC1CCCCC1C(=O)O)C(N)=O. The molecule has 0 bridgehead atoms. The highest BCUT2D eigenvalue weighted by Gasteiger charge is 2.31. The Hall–Kier alpha value is -1.10. The molecule has 5 heteroatoms. The zero-order valence-corrected chi connectivity index (χ0v) is 10.3. The van der Waals surface area contributed by atoms with E-state index in [0.717, 1.165) is 25.7 Å². The number of carboxylic acid groups (broad SMARTS) is 1. The number of primary amides is 1. The van der Waals surface area contributed by atoms with Gasteiger partial charge in [0.05, 0.1) is 12.0 Å². The Morgan fingerprint density at radius 2 is 2.06 bits per heavy atom. The van der Waals surface area contributed by atoms with Gasteiger partial charge in [0.15, 0.2) is 0 Å². The maximum atomic E-state index is 11.1. The first-order valence-corrected chi connectivity index (χ1v) is 6.31. The molecule has 0 saturated heterocycles. The molecule has 3 atom stereocenters. The number of rotatable bonds is 6. The van der Waals surface area contributed by atoms with E-state index in [-0.39, 0.29) is 23.8 Å². The summed E-state index contributed by atoms with van der Waals surface area (Å²) in [5.41, 5.74) is 5.24. The fourth-order valence-corrected chi connectivity index (χ4v) is 2.52. The number of aliphatic carboxylic acids is 1. The predicted molar refractivity (Wildman–Crippen MR) is 64.4 cm³/mol. The van der Waals surface area contributed by atoms with Crippen molar-refractivity contribution in [3.8, 4) is 0 Å². The minimum atomic E-state index is -0.719. The molecule has 17 heavy (non-hydrogen) atoms. The molecule has 0 aromatic carbocycles. The van der Waals surface area contributed by atoms with Gasteiger partial charge in [0.1, 0.15) is 0 Å². The van der Waals surface area contributed by atoms with Crippen molar-refractivity contribution in [2.75, 3.05) is 6.54 Å². The Balaban J connectivity index is 2.47. The summed E-state index contributed by atoms with van der Waals surface area (Å²) < 4.78 is 0. The maximum Gasteiger partial charge on any atom is 0.306 e. The molecular formula is C12H22N2O3. The largest absolute Gasteiger partial charge is 0.481 e. The van der Waals surface area contributed by atoms with E-state index in [1.807, 2.05) is 6.92 Å². The number of amides is 1. The highest BCUT2D eigenvalue weighted by atomic mass is 16.4. The Bertz CT molecular complexity index is 281. The van der Waals surface area contributed by atoms with Crippen LogP contribution in [0.1, 0.15) is 39.0 Å². The van der Waals surface area contributed by atoms with Crippen LogP contribution in [0.15, 0.2) is 0 Å². The predicted octanol–water partition coefficient (Wildman–Crippen LogP) is 0.731. The van der Waals surface area contributed by atoms with Crippen LogP contribution in [0.3, 0.4) is 0 Å². The second kappa shape index (κ2) is 6.59. The van der Waals surface area contributed by atoms with Crippen LogP contribution in [0.5, 0.6) is 0 Å². The maximum absolute atomic E-state index is 11.1. The van der Waals surface area contributed by atoms with Gasteiger partial charge in [0.25, 0.3) is 0 Å². The molecule has 5 nitrogen and oxygen atoms in total. The van der Waals surface area contributed by atoms with Crippen molar-refractivity contribution in [1.82, 2.24) is 5.32 Å². The summed E-state index contributed by atoms with van der Waals surface area (Å²) >= 11 is 0. The molecule has 1 fully saturated rings. The molecule has 0 radical (unpaired) electrons.